The van der Waals surface area contributed by atoms with E-state index in [4.69, 9.17) is 10.8 Å². The number of hydrogen-bond acceptors (Lipinski definition) is 3. The van der Waals surface area contributed by atoms with Crippen LogP contribution in [0.2, 0.25) is 0 Å². The van der Waals surface area contributed by atoms with Gasteiger partial charge < -0.3 is 10.8 Å². The van der Waals surface area contributed by atoms with Gasteiger partial charge in [0, 0.05) is 0 Å². The summed E-state index contributed by atoms with van der Waals surface area (Å²) >= 11 is 0. The van der Waals surface area contributed by atoms with Crippen LogP contribution >= 0.6 is 0 Å². The third-order valence-corrected chi connectivity index (χ3v) is 3.77. The molecule has 7 heteroatoms. The minimum Gasteiger partial charge on any atom is -0.477 e. The molecule has 0 saturated heterocycles. The molecule has 0 aliphatic heterocycles. The summed E-state index contributed by atoms with van der Waals surface area (Å²) in [5.74, 6) is -7.24. The second-order valence-corrected chi connectivity index (χ2v) is 5.58. The molecule has 25 heavy (non-hydrogen) atoms. The molecule has 0 radical (unpaired) electrons. The third kappa shape index (κ3) is 4.60. The van der Waals surface area contributed by atoms with Crippen LogP contribution in [0.25, 0.3) is 0 Å². The zero-order valence-electron chi connectivity index (χ0n) is 13.2. The molecule has 5 nitrogen and oxygen atoms in total. The number of rotatable bonds is 8. The summed E-state index contributed by atoms with van der Waals surface area (Å²) in [4.78, 5) is 22.8. The number of carboxylic acids is 1. The lowest BCUT2D eigenvalue weighted by Crippen LogP contribution is -2.51. The number of carbonyl (C=O) groups excluding carboxylic acids is 1. The Morgan fingerprint density at radius 3 is 2.04 bits per heavy atom. The number of alkyl halides is 2. The molecule has 0 spiro atoms. The molecule has 132 valence electrons. The van der Waals surface area contributed by atoms with Crippen LogP contribution in [0.15, 0.2) is 60.7 Å². The van der Waals surface area contributed by atoms with Gasteiger partial charge >= 0.3 is 11.9 Å². The molecular formula is C18H18F2N2O3. The fraction of sp³-hybridized carbons (Fsp3) is 0.222. The van der Waals surface area contributed by atoms with E-state index in [-0.39, 0.29) is 12.0 Å². The van der Waals surface area contributed by atoms with Crippen molar-refractivity contribution in [3.63, 3.8) is 0 Å². The SMILES string of the molecule is NC(=O)[C@H](Cc1ccccc1)NC(c1ccccc1)C(F)(F)C(=O)O. The monoisotopic (exact) mass is 348 g/mol. The minimum absolute atomic E-state index is 0.0502. The summed E-state index contributed by atoms with van der Waals surface area (Å²) in [5.41, 5.74) is 6.10. The van der Waals surface area contributed by atoms with Crippen molar-refractivity contribution < 1.29 is 23.5 Å². The fourth-order valence-corrected chi connectivity index (χ4v) is 2.47. The van der Waals surface area contributed by atoms with E-state index < -0.39 is 29.9 Å². The molecule has 0 aliphatic carbocycles. The molecule has 0 heterocycles. The molecular weight excluding hydrogens is 330 g/mol. The highest BCUT2D eigenvalue weighted by molar-refractivity contribution is 5.81. The van der Waals surface area contributed by atoms with E-state index in [0.29, 0.717) is 5.56 Å². The van der Waals surface area contributed by atoms with Crippen LogP contribution in [0, 0.1) is 0 Å². The third-order valence-electron chi connectivity index (χ3n) is 3.77. The summed E-state index contributed by atoms with van der Waals surface area (Å²) in [7, 11) is 0. The predicted molar refractivity (Wildman–Crippen MR) is 88.0 cm³/mol. The second-order valence-electron chi connectivity index (χ2n) is 5.58. The van der Waals surface area contributed by atoms with Gasteiger partial charge in [0.05, 0.1) is 6.04 Å². The average molecular weight is 348 g/mol. The van der Waals surface area contributed by atoms with E-state index in [9.17, 15) is 18.4 Å². The number of halogens is 2. The van der Waals surface area contributed by atoms with Crippen molar-refractivity contribution in [1.29, 1.82) is 0 Å². The number of primary amides is 1. The minimum atomic E-state index is -4.12. The molecule has 2 rings (SSSR count). The predicted octanol–water partition coefficient (Wildman–Crippen LogP) is 2.13. The Morgan fingerprint density at radius 2 is 1.56 bits per heavy atom. The van der Waals surface area contributed by atoms with Crippen LogP contribution in [-0.4, -0.2) is 28.9 Å². The Balaban J connectivity index is 2.33. The number of nitrogens with two attached hydrogens (primary N) is 1. The van der Waals surface area contributed by atoms with Gasteiger partial charge in [0.2, 0.25) is 5.91 Å². The molecule has 0 fully saturated rings. The largest absolute Gasteiger partial charge is 0.477 e. The van der Waals surface area contributed by atoms with Gasteiger partial charge in [0.25, 0.3) is 0 Å². The highest BCUT2D eigenvalue weighted by Crippen LogP contribution is 2.32. The lowest BCUT2D eigenvalue weighted by Gasteiger charge is -2.28. The number of aliphatic carboxylic acids is 1. The van der Waals surface area contributed by atoms with Crippen LogP contribution in [-0.2, 0) is 16.0 Å². The molecule has 1 amide bonds. The average Bonchev–Trinajstić information content (AvgIpc) is 2.59. The van der Waals surface area contributed by atoms with Crippen LogP contribution in [0.5, 0.6) is 0 Å². The zero-order chi connectivity index (χ0) is 18.4. The summed E-state index contributed by atoms with van der Waals surface area (Å²) in [6.07, 6.45) is 0.0647. The first-order valence-electron chi connectivity index (χ1n) is 7.58. The topological polar surface area (TPSA) is 92.4 Å². The smallest absolute Gasteiger partial charge is 0.376 e. The summed E-state index contributed by atoms with van der Waals surface area (Å²) in [6.45, 7) is 0. The molecule has 2 atom stereocenters. The number of hydrogen-bond donors (Lipinski definition) is 3. The van der Waals surface area contributed by atoms with Gasteiger partial charge in [-0.1, -0.05) is 60.7 Å². The number of amides is 1. The van der Waals surface area contributed by atoms with Crippen LogP contribution in [0.1, 0.15) is 17.2 Å². The van der Waals surface area contributed by atoms with Gasteiger partial charge in [0.15, 0.2) is 0 Å². The van der Waals surface area contributed by atoms with Crippen LogP contribution < -0.4 is 11.1 Å². The van der Waals surface area contributed by atoms with Gasteiger partial charge in [-0.2, -0.15) is 8.78 Å². The first-order chi connectivity index (χ1) is 11.8. The maximum absolute atomic E-state index is 14.2. The molecule has 1 unspecified atom stereocenters. The molecule has 0 aromatic heterocycles. The van der Waals surface area contributed by atoms with E-state index in [0.717, 1.165) is 0 Å². The van der Waals surface area contributed by atoms with Crippen molar-refractivity contribution in [3.8, 4) is 0 Å². The number of carbonyl (C=O) groups is 2. The normalized spacial score (nSPS) is 13.8. The Labute approximate surface area is 143 Å². The van der Waals surface area contributed by atoms with E-state index in [1.54, 1.807) is 36.4 Å². The van der Waals surface area contributed by atoms with Gasteiger partial charge in [0.1, 0.15) is 6.04 Å². The molecule has 0 saturated carbocycles. The lowest BCUT2D eigenvalue weighted by atomic mass is 9.97. The molecule has 4 N–H and O–H groups in total. The van der Waals surface area contributed by atoms with Crippen molar-refractivity contribution in [3.05, 3.63) is 71.8 Å². The van der Waals surface area contributed by atoms with E-state index in [1.165, 1.54) is 24.3 Å². The lowest BCUT2D eigenvalue weighted by molar-refractivity contribution is -0.170. The molecule has 2 aromatic carbocycles. The second kappa shape index (κ2) is 7.85. The number of nitrogens with one attached hydrogen (secondary N) is 1. The van der Waals surface area contributed by atoms with E-state index in [1.807, 2.05) is 0 Å². The van der Waals surface area contributed by atoms with Crippen molar-refractivity contribution in [1.82, 2.24) is 5.32 Å². The standard InChI is InChI=1S/C18H18F2N2O3/c19-18(20,17(24)25)15(13-9-5-2-6-10-13)22-14(16(21)23)11-12-7-3-1-4-8-12/h1-10,14-15,22H,11H2,(H2,21,23)(H,24,25)/t14-,15?/m0/s1. The maximum Gasteiger partial charge on any atom is 0.376 e. The number of benzene rings is 2. The highest BCUT2D eigenvalue weighted by Gasteiger charge is 2.49. The summed E-state index contributed by atoms with van der Waals surface area (Å²) in [5, 5.41) is 11.3. The summed E-state index contributed by atoms with van der Waals surface area (Å²) in [6, 6.07) is 13.1. The maximum atomic E-state index is 14.2. The van der Waals surface area contributed by atoms with Crippen molar-refractivity contribution >= 4 is 11.9 Å². The van der Waals surface area contributed by atoms with Gasteiger partial charge in [-0.15, -0.1) is 0 Å². The van der Waals surface area contributed by atoms with Crippen molar-refractivity contribution in [2.24, 2.45) is 5.73 Å². The molecule has 0 bridgehead atoms. The number of carboxylic acid groups (broad SMARTS) is 1. The van der Waals surface area contributed by atoms with Crippen LogP contribution in [0.3, 0.4) is 0 Å². The fourth-order valence-electron chi connectivity index (χ4n) is 2.47. The molecule has 0 aliphatic rings. The van der Waals surface area contributed by atoms with E-state index >= 15 is 0 Å². The highest BCUT2D eigenvalue weighted by atomic mass is 19.3. The molecule has 2 aromatic rings. The Bertz CT molecular complexity index is 724. The van der Waals surface area contributed by atoms with Gasteiger partial charge in [-0.05, 0) is 17.5 Å². The van der Waals surface area contributed by atoms with Crippen molar-refractivity contribution in [2.75, 3.05) is 0 Å². The van der Waals surface area contributed by atoms with Crippen LogP contribution in [0.4, 0.5) is 8.78 Å². The zero-order valence-corrected chi connectivity index (χ0v) is 13.2. The van der Waals surface area contributed by atoms with Crippen molar-refractivity contribution in [2.45, 2.75) is 24.4 Å². The first kappa shape index (κ1) is 18.5. The Kier molecular flexibility index (Phi) is 5.82. The van der Waals surface area contributed by atoms with Gasteiger partial charge in [-0.25, -0.2) is 4.79 Å². The van der Waals surface area contributed by atoms with Gasteiger partial charge in [-0.3, -0.25) is 10.1 Å². The quantitative estimate of drug-likeness (QED) is 0.681. The first-order valence-corrected chi connectivity index (χ1v) is 7.58. The summed E-state index contributed by atoms with van der Waals surface area (Å²) < 4.78 is 28.5. The Hall–Kier alpha value is -2.80. The Morgan fingerprint density at radius 1 is 1.04 bits per heavy atom. The van der Waals surface area contributed by atoms with E-state index in [2.05, 4.69) is 5.32 Å².